The first-order valence-electron chi connectivity index (χ1n) is 6.86. The number of methoxy groups -OCH3 is 1. The largest absolute Gasteiger partial charge is 0.494 e. The van der Waals surface area contributed by atoms with E-state index in [1.54, 1.807) is 12.1 Å². The minimum absolute atomic E-state index is 0.0654. The third-order valence-corrected chi connectivity index (χ3v) is 3.09. The predicted molar refractivity (Wildman–Crippen MR) is 79.8 cm³/mol. The van der Waals surface area contributed by atoms with E-state index in [2.05, 4.69) is 10.4 Å². The zero-order chi connectivity index (χ0) is 16.8. The maximum absolute atomic E-state index is 13.9. The first-order chi connectivity index (χ1) is 11.0. The molecule has 0 atom stereocenters. The summed E-state index contributed by atoms with van der Waals surface area (Å²) in [7, 11) is 1.38. The summed E-state index contributed by atoms with van der Waals surface area (Å²) in [6, 6.07) is 6.25. The molecule has 0 bridgehead atoms. The van der Waals surface area contributed by atoms with Gasteiger partial charge >= 0.3 is 5.97 Å². The van der Waals surface area contributed by atoms with Crippen LogP contribution in [0.4, 0.5) is 10.2 Å². The van der Waals surface area contributed by atoms with Crippen molar-refractivity contribution in [2.75, 3.05) is 12.4 Å². The van der Waals surface area contributed by atoms with Gasteiger partial charge in [-0.05, 0) is 18.1 Å². The molecule has 0 aliphatic carbocycles. The van der Waals surface area contributed by atoms with Crippen LogP contribution in [0.1, 0.15) is 12.0 Å². The average molecular weight is 321 g/mol. The van der Waals surface area contributed by atoms with E-state index >= 15 is 0 Å². The molecule has 0 fully saturated rings. The summed E-state index contributed by atoms with van der Waals surface area (Å²) >= 11 is 0. The summed E-state index contributed by atoms with van der Waals surface area (Å²) in [6.45, 7) is -0.287. The van der Waals surface area contributed by atoms with E-state index in [-0.39, 0.29) is 36.9 Å². The van der Waals surface area contributed by atoms with Gasteiger partial charge in [-0.3, -0.25) is 14.3 Å². The standard InChI is InChI=1S/C15H16FN3O4/c1-23-11-4-2-3-10(15(11)16)5-6-13(20)17-12-7-8-19(18-12)9-14(21)22/h2-4,7-8H,5-6,9H2,1H3,(H,21,22)(H,17,18,20). The van der Waals surface area contributed by atoms with Crippen molar-refractivity contribution >= 4 is 17.7 Å². The van der Waals surface area contributed by atoms with Gasteiger partial charge in [0.15, 0.2) is 17.4 Å². The van der Waals surface area contributed by atoms with Gasteiger partial charge in [-0.25, -0.2) is 4.39 Å². The van der Waals surface area contributed by atoms with Crippen LogP contribution in [0.2, 0.25) is 0 Å². The first kappa shape index (κ1) is 16.5. The fourth-order valence-electron chi connectivity index (χ4n) is 2.02. The van der Waals surface area contributed by atoms with Crippen molar-refractivity contribution in [2.24, 2.45) is 0 Å². The number of ether oxygens (including phenoxy) is 1. The SMILES string of the molecule is COc1cccc(CCC(=O)Nc2ccn(CC(=O)O)n2)c1F. The third kappa shape index (κ3) is 4.53. The average Bonchev–Trinajstić information content (AvgIpc) is 2.92. The normalized spacial score (nSPS) is 10.3. The van der Waals surface area contributed by atoms with E-state index < -0.39 is 11.8 Å². The van der Waals surface area contributed by atoms with Crippen molar-refractivity contribution in [3.05, 3.63) is 41.8 Å². The number of anilines is 1. The molecule has 0 radical (unpaired) electrons. The van der Waals surface area contributed by atoms with Crippen LogP contribution in [-0.2, 0) is 22.6 Å². The minimum Gasteiger partial charge on any atom is -0.494 e. The van der Waals surface area contributed by atoms with Crippen molar-refractivity contribution in [3.63, 3.8) is 0 Å². The quantitative estimate of drug-likeness (QED) is 0.809. The van der Waals surface area contributed by atoms with Crippen LogP contribution in [0.15, 0.2) is 30.5 Å². The Morgan fingerprint density at radius 2 is 2.17 bits per heavy atom. The number of benzene rings is 1. The Balaban J connectivity index is 1.90. The summed E-state index contributed by atoms with van der Waals surface area (Å²) in [5.41, 5.74) is 0.385. The van der Waals surface area contributed by atoms with Crippen LogP contribution in [0.5, 0.6) is 5.75 Å². The number of aryl methyl sites for hydroxylation is 1. The van der Waals surface area contributed by atoms with Crippen LogP contribution in [0.3, 0.4) is 0 Å². The number of carboxylic acids is 1. The molecule has 0 aliphatic heterocycles. The number of carbonyl (C=O) groups excluding carboxylic acids is 1. The van der Waals surface area contributed by atoms with Crippen LogP contribution >= 0.6 is 0 Å². The zero-order valence-corrected chi connectivity index (χ0v) is 12.5. The lowest BCUT2D eigenvalue weighted by atomic mass is 10.1. The van der Waals surface area contributed by atoms with Crippen molar-refractivity contribution in [3.8, 4) is 5.75 Å². The molecule has 2 rings (SSSR count). The number of halogens is 1. The van der Waals surface area contributed by atoms with Crippen LogP contribution < -0.4 is 10.1 Å². The van der Waals surface area contributed by atoms with E-state index in [4.69, 9.17) is 9.84 Å². The molecule has 122 valence electrons. The highest BCUT2D eigenvalue weighted by Crippen LogP contribution is 2.21. The van der Waals surface area contributed by atoms with Gasteiger partial charge < -0.3 is 15.2 Å². The van der Waals surface area contributed by atoms with Crippen LogP contribution in [0.25, 0.3) is 0 Å². The summed E-state index contributed by atoms with van der Waals surface area (Å²) in [5, 5.41) is 15.1. The molecule has 0 saturated carbocycles. The summed E-state index contributed by atoms with van der Waals surface area (Å²) in [6.07, 6.45) is 1.73. The van der Waals surface area contributed by atoms with Gasteiger partial charge in [-0.2, -0.15) is 5.10 Å². The lowest BCUT2D eigenvalue weighted by molar-refractivity contribution is -0.137. The number of nitrogens with one attached hydrogen (secondary N) is 1. The Hall–Kier alpha value is -2.90. The molecule has 2 aromatic rings. The van der Waals surface area contributed by atoms with E-state index in [9.17, 15) is 14.0 Å². The van der Waals surface area contributed by atoms with Crippen LogP contribution in [0, 0.1) is 5.82 Å². The highest BCUT2D eigenvalue weighted by atomic mass is 19.1. The smallest absolute Gasteiger partial charge is 0.325 e. The van der Waals surface area contributed by atoms with Gasteiger partial charge in [-0.15, -0.1) is 0 Å². The number of carboxylic acid groups (broad SMARTS) is 1. The number of carbonyl (C=O) groups is 2. The lowest BCUT2D eigenvalue weighted by Crippen LogP contribution is -2.14. The highest BCUT2D eigenvalue weighted by molar-refractivity contribution is 5.89. The van der Waals surface area contributed by atoms with E-state index in [0.29, 0.717) is 5.56 Å². The molecular weight excluding hydrogens is 305 g/mol. The molecular formula is C15H16FN3O4. The maximum atomic E-state index is 13.9. The summed E-state index contributed by atoms with van der Waals surface area (Å²) in [5.74, 6) is -1.46. The van der Waals surface area contributed by atoms with Crippen molar-refractivity contribution < 1.29 is 23.8 Å². The molecule has 1 heterocycles. The van der Waals surface area contributed by atoms with Crippen molar-refractivity contribution in [1.82, 2.24) is 9.78 Å². The Bertz CT molecular complexity index is 714. The number of hydrogen-bond donors (Lipinski definition) is 2. The molecule has 8 heteroatoms. The lowest BCUT2D eigenvalue weighted by Gasteiger charge is -2.07. The van der Waals surface area contributed by atoms with Gasteiger partial charge in [-0.1, -0.05) is 12.1 Å². The Morgan fingerprint density at radius 1 is 1.39 bits per heavy atom. The van der Waals surface area contributed by atoms with Crippen molar-refractivity contribution in [1.29, 1.82) is 0 Å². The summed E-state index contributed by atoms with van der Waals surface area (Å²) in [4.78, 5) is 22.4. The van der Waals surface area contributed by atoms with Crippen LogP contribution in [-0.4, -0.2) is 33.9 Å². The highest BCUT2D eigenvalue weighted by Gasteiger charge is 2.11. The molecule has 2 N–H and O–H groups in total. The van der Waals surface area contributed by atoms with E-state index in [1.165, 1.54) is 30.1 Å². The minimum atomic E-state index is -1.03. The molecule has 23 heavy (non-hydrogen) atoms. The molecule has 1 amide bonds. The number of aromatic nitrogens is 2. The molecule has 1 aromatic heterocycles. The Kier molecular flexibility index (Phi) is 5.29. The number of aliphatic carboxylic acids is 1. The third-order valence-electron chi connectivity index (χ3n) is 3.09. The van der Waals surface area contributed by atoms with Gasteiger partial charge in [0.05, 0.1) is 7.11 Å². The number of amides is 1. The Labute approximate surface area is 131 Å². The fourth-order valence-corrected chi connectivity index (χ4v) is 2.02. The van der Waals surface area contributed by atoms with Gasteiger partial charge in [0.25, 0.3) is 0 Å². The maximum Gasteiger partial charge on any atom is 0.325 e. The molecule has 0 saturated heterocycles. The second-order valence-electron chi connectivity index (χ2n) is 4.77. The molecule has 1 aromatic carbocycles. The first-order valence-corrected chi connectivity index (χ1v) is 6.86. The van der Waals surface area contributed by atoms with Gasteiger partial charge in [0, 0.05) is 18.7 Å². The second-order valence-corrected chi connectivity index (χ2v) is 4.77. The number of hydrogen-bond acceptors (Lipinski definition) is 4. The second kappa shape index (κ2) is 7.39. The van der Waals surface area contributed by atoms with E-state index in [1.807, 2.05) is 0 Å². The molecule has 0 unspecified atom stereocenters. The van der Waals surface area contributed by atoms with Crippen molar-refractivity contribution in [2.45, 2.75) is 19.4 Å². The zero-order valence-electron chi connectivity index (χ0n) is 12.5. The molecule has 7 nitrogen and oxygen atoms in total. The molecule has 0 spiro atoms. The topological polar surface area (TPSA) is 93.5 Å². The predicted octanol–water partition coefficient (Wildman–Crippen LogP) is 1.69. The van der Waals surface area contributed by atoms with Gasteiger partial charge in [0.2, 0.25) is 5.91 Å². The fraction of sp³-hybridized carbons (Fsp3) is 0.267. The monoisotopic (exact) mass is 321 g/mol. The molecule has 0 aliphatic rings. The van der Waals surface area contributed by atoms with Gasteiger partial charge in [0.1, 0.15) is 6.54 Å². The van der Waals surface area contributed by atoms with E-state index in [0.717, 1.165) is 0 Å². The number of nitrogens with zero attached hydrogens (tertiary/aromatic N) is 2. The number of rotatable bonds is 7. The Morgan fingerprint density at radius 3 is 2.87 bits per heavy atom. The summed E-state index contributed by atoms with van der Waals surface area (Å²) < 4.78 is 20.0.